The molecule has 0 atom stereocenters. The number of hydrogen-bond donors (Lipinski definition) is 2. The number of hydrogen-bond acceptors (Lipinski definition) is 6. The molecule has 3 aromatic rings. The molecule has 2 amide bonds. The van der Waals surface area contributed by atoms with Crippen LogP contribution in [0.2, 0.25) is 0 Å². The monoisotopic (exact) mass is 638 g/mol. The Bertz CT molecular complexity index is 1270. The molecule has 0 fully saturated rings. The summed E-state index contributed by atoms with van der Waals surface area (Å²) in [5.74, 6) is -0.00417. The number of nitrogens with one attached hydrogen (secondary N) is 2. The SMILES string of the molecule is CCCC.CCCN(C)C/C(C)=C/C(C)=NC.CCNC(=O)c1ccn(C(C)(C)C)c1.O=CNc1nc(-c2ccccc2)cs1. The highest BCUT2D eigenvalue weighted by Gasteiger charge is 2.14. The van der Waals surface area contributed by atoms with Gasteiger partial charge in [0, 0.05) is 54.7 Å². The van der Waals surface area contributed by atoms with Crippen molar-refractivity contribution < 1.29 is 9.59 Å². The third-order valence-electron chi connectivity index (χ3n) is 6.26. The van der Waals surface area contributed by atoms with Gasteiger partial charge in [0.15, 0.2) is 5.13 Å². The zero-order valence-electron chi connectivity index (χ0n) is 29.6. The zero-order valence-corrected chi connectivity index (χ0v) is 30.4. The van der Waals surface area contributed by atoms with E-state index >= 15 is 0 Å². The average Bonchev–Trinajstić information content (AvgIpc) is 3.70. The van der Waals surface area contributed by atoms with Crippen LogP contribution in [0.25, 0.3) is 11.3 Å². The van der Waals surface area contributed by atoms with Gasteiger partial charge in [-0.1, -0.05) is 69.5 Å². The van der Waals surface area contributed by atoms with E-state index in [4.69, 9.17) is 0 Å². The van der Waals surface area contributed by atoms with Gasteiger partial charge in [0.2, 0.25) is 6.41 Å². The molecule has 0 saturated heterocycles. The minimum atomic E-state index is -0.00417. The van der Waals surface area contributed by atoms with Gasteiger partial charge >= 0.3 is 0 Å². The number of likely N-dealkylation sites (N-methyl/N-ethyl adjacent to an activating group) is 1. The lowest BCUT2D eigenvalue weighted by atomic mass is 10.1. The summed E-state index contributed by atoms with van der Waals surface area (Å²) in [5, 5.41) is 7.84. The van der Waals surface area contributed by atoms with E-state index in [1.54, 1.807) is 0 Å². The first-order chi connectivity index (χ1) is 21.4. The molecule has 0 spiro atoms. The van der Waals surface area contributed by atoms with Crippen LogP contribution in [0.15, 0.2) is 70.8 Å². The Kier molecular flexibility index (Phi) is 21.9. The van der Waals surface area contributed by atoms with Crippen LogP contribution in [0, 0.1) is 0 Å². The Labute approximate surface area is 277 Å². The Balaban J connectivity index is 0.000000609. The fourth-order valence-electron chi connectivity index (χ4n) is 3.70. The van der Waals surface area contributed by atoms with Gasteiger partial charge in [-0.25, -0.2) is 4.98 Å². The van der Waals surface area contributed by atoms with E-state index in [0.717, 1.165) is 35.6 Å². The predicted molar refractivity (Wildman–Crippen MR) is 196 cm³/mol. The van der Waals surface area contributed by atoms with Gasteiger partial charge < -0.3 is 20.1 Å². The molecule has 2 heterocycles. The number of carbonyl (C=O) groups excluding carboxylic acids is 2. The molecule has 0 aliphatic rings. The second-order valence-electron chi connectivity index (χ2n) is 11.6. The van der Waals surface area contributed by atoms with Gasteiger partial charge in [0.1, 0.15) is 0 Å². The van der Waals surface area contributed by atoms with Gasteiger partial charge in [-0.3, -0.25) is 14.6 Å². The largest absolute Gasteiger partial charge is 0.352 e. The lowest BCUT2D eigenvalue weighted by Gasteiger charge is -2.20. The van der Waals surface area contributed by atoms with Crippen LogP contribution in [0.3, 0.4) is 0 Å². The maximum absolute atomic E-state index is 11.5. The fourth-order valence-corrected chi connectivity index (χ4v) is 4.38. The first kappa shape index (κ1) is 41.4. The van der Waals surface area contributed by atoms with E-state index in [1.165, 1.54) is 36.2 Å². The molecular formula is C36H58N6O2S. The van der Waals surface area contributed by atoms with Crippen LogP contribution in [0.1, 0.15) is 91.9 Å². The Morgan fingerprint density at radius 2 is 1.69 bits per heavy atom. The molecular weight excluding hydrogens is 581 g/mol. The van der Waals surface area contributed by atoms with E-state index < -0.39 is 0 Å². The summed E-state index contributed by atoms with van der Waals surface area (Å²) in [5.41, 5.74) is 5.18. The molecule has 2 N–H and O–H groups in total. The molecule has 250 valence electrons. The van der Waals surface area contributed by atoms with Crippen LogP contribution >= 0.6 is 11.3 Å². The Hall–Kier alpha value is -3.56. The molecule has 1 aromatic carbocycles. The second-order valence-corrected chi connectivity index (χ2v) is 12.5. The van der Waals surface area contributed by atoms with Crippen LogP contribution in [-0.4, -0.2) is 66.2 Å². The molecule has 0 unspecified atom stereocenters. The van der Waals surface area contributed by atoms with Crippen molar-refractivity contribution in [1.29, 1.82) is 0 Å². The summed E-state index contributed by atoms with van der Waals surface area (Å²) in [6.07, 6.45) is 10.4. The fraction of sp³-hybridized carbons (Fsp3) is 0.500. The summed E-state index contributed by atoms with van der Waals surface area (Å²) < 4.78 is 2.04. The molecule has 0 aliphatic carbocycles. The van der Waals surface area contributed by atoms with E-state index in [2.05, 4.69) is 87.1 Å². The summed E-state index contributed by atoms with van der Waals surface area (Å²) in [4.78, 5) is 32.3. The maximum atomic E-state index is 11.5. The second kappa shape index (κ2) is 23.8. The van der Waals surface area contributed by atoms with Crippen molar-refractivity contribution in [3.05, 3.63) is 71.4 Å². The molecule has 0 bridgehead atoms. The van der Waals surface area contributed by atoms with Crippen molar-refractivity contribution in [3.63, 3.8) is 0 Å². The number of aromatic nitrogens is 2. The Morgan fingerprint density at radius 1 is 1.04 bits per heavy atom. The molecule has 0 saturated carbocycles. The molecule has 3 rings (SSSR count). The number of thiazole rings is 1. The number of rotatable bonds is 11. The lowest BCUT2D eigenvalue weighted by molar-refractivity contribution is -0.105. The normalized spacial score (nSPS) is 11.3. The minimum Gasteiger partial charge on any atom is -0.352 e. The predicted octanol–water partition coefficient (Wildman–Crippen LogP) is 8.54. The van der Waals surface area contributed by atoms with Crippen LogP contribution in [0.5, 0.6) is 0 Å². The van der Waals surface area contributed by atoms with Gasteiger partial charge in [0.05, 0.1) is 11.3 Å². The van der Waals surface area contributed by atoms with Crippen molar-refractivity contribution in [3.8, 4) is 11.3 Å². The third-order valence-corrected chi connectivity index (χ3v) is 7.03. The quantitative estimate of drug-likeness (QED) is 0.163. The summed E-state index contributed by atoms with van der Waals surface area (Å²) in [7, 11) is 3.98. The van der Waals surface area contributed by atoms with Gasteiger partial charge in [-0.15, -0.1) is 11.3 Å². The number of carbonyl (C=O) groups is 2. The first-order valence-electron chi connectivity index (χ1n) is 15.8. The number of aliphatic imine (C=N–C) groups is 1. The number of anilines is 1. The zero-order chi connectivity index (χ0) is 34.3. The minimum absolute atomic E-state index is 0.00417. The molecule has 0 radical (unpaired) electrons. The van der Waals surface area contributed by atoms with Crippen molar-refractivity contribution >= 4 is 34.5 Å². The van der Waals surface area contributed by atoms with E-state index in [-0.39, 0.29) is 11.4 Å². The molecule has 9 heteroatoms. The van der Waals surface area contributed by atoms with Crippen molar-refractivity contribution in [2.24, 2.45) is 4.99 Å². The summed E-state index contributed by atoms with van der Waals surface area (Å²) in [6, 6.07) is 11.7. The van der Waals surface area contributed by atoms with Gasteiger partial charge in [0.25, 0.3) is 5.91 Å². The number of benzene rings is 1. The Morgan fingerprint density at radius 3 is 2.18 bits per heavy atom. The van der Waals surface area contributed by atoms with Gasteiger partial charge in [-0.05, 0) is 73.7 Å². The summed E-state index contributed by atoms with van der Waals surface area (Å²) >= 11 is 1.42. The molecule has 8 nitrogen and oxygen atoms in total. The average molecular weight is 639 g/mol. The number of nitrogens with zero attached hydrogens (tertiary/aromatic N) is 4. The molecule has 0 aliphatic heterocycles. The van der Waals surface area contributed by atoms with Crippen LogP contribution in [-0.2, 0) is 10.3 Å². The number of unbranched alkanes of at least 4 members (excludes halogenated alkanes) is 1. The third kappa shape index (κ3) is 18.8. The highest BCUT2D eigenvalue weighted by Crippen LogP contribution is 2.24. The standard InChI is InChI=1S/C11H18N2O.C11H22N2.C10H8N2OS.C4H10/c1-5-12-10(14)9-6-7-13(8-9)11(2,3)4;1-6-7-13(5)9-10(2)8-11(3)12-4;13-7-11-10-12-9(6-14-10)8-4-2-1-3-5-8;1-3-4-2/h6-8H,5H2,1-4H3,(H,12,14);8H,6-7,9H2,1-5H3;1-7H,(H,11,12,13);3-4H2,1-2H3/b;10-8+,12-11?;;. The van der Waals surface area contributed by atoms with Crippen LogP contribution < -0.4 is 10.6 Å². The lowest BCUT2D eigenvalue weighted by Crippen LogP contribution is -2.23. The van der Waals surface area contributed by atoms with Crippen LogP contribution in [0.4, 0.5) is 5.13 Å². The molecule has 45 heavy (non-hydrogen) atoms. The van der Waals surface area contributed by atoms with E-state index in [0.29, 0.717) is 18.1 Å². The highest BCUT2D eigenvalue weighted by atomic mass is 32.1. The first-order valence-corrected chi connectivity index (χ1v) is 16.7. The van der Waals surface area contributed by atoms with Crippen molar-refractivity contribution in [1.82, 2.24) is 19.8 Å². The van der Waals surface area contributed by atoms with Crippen molar-refractivity contribution in [2.45, 2.75) is 87.1 Å². The summed E-state index contributed by atoms with van der Waals surface area (Å²) in [6.45, 7) is 21.8. The van der Waals surface area contributed by atoms with E-state index in [9.17, 15) is 9.59 Å². The maximum Gasteiger partial charge on any atom is 0.252 e. The van der Waals surface area contributed by atoms with Gasteiger partial charge in [-0.2, -0.15) is 0 Å². The van der Waals surface area contributed by atoms with Crippen molar-refractivity contribution in [2.75, 3.05) is 39.0 Å². The smallest absolute Gasteiger partial charge is 0.252 e. The topological polar surface area (TPSA) is 91.6 Å². The molecule has 2 aromatic heterocycles. The number of allylic oxidation sites excluding steroid dienone is 1. The highest BCUT2D eigenvalue weighted by molar-refractivity contribution is 7.14. The van der Waals surface area contributed by atoms with E-state index in [1.807, 2.05) is 79.6 Å². The number of amides is 2.